The Hall–Kier alpha value is -1.33. The quantitative estimate of drug-likeness (QED) is 0.914. The number of hydrogen-bond donors (Lipinski definition) is 1. The fraction of sp³-hybridized carbons (Fsp3) is 0.647. The van der Waals surface area contributed by atoms with E-state index in [9.17, 15) is 4.79 Å². The summed E-state index contributed by atoms with van der Waals surface area (Å²) in [6.45, 7) is 6.30. The molecule has 2 fully saturated rings. The highest BCUT2D eigenvalue weighted by Gasteiger charge is 2.43. The van der Waals surface area contributed by atoms with E-state index in [1.165, 1.54) is 0 Å². The van der Waals surface area contributed by atoms with Gasteiger partial charge in [-0.2, -0.15) is 0 Å². The van der Waals surface area contributed by atoms with Crippen molar-refractivity contribution in [1.82, 2.24) is 9.88 Å². The molecule has 128 valence electrons. The molecule has 5 nitrogen and oxygen atoms in total. The Labute approximate surface area is 144 Å². The Kier molecular flexibility index (Phi) is 5.87. The molecule has 2 heterocycles. The van der Waals surface area contributed by atoms with Crippen LogP contribution in [0.4, 0.5) is 0 Å². The second kappa shape index (κ2) is 7.49. The topological polar surface area (TPSA) is 68.5 Å². The third kappa shape index (κ3) is 3.78. The standard InChI is InChI=1S/C17H25N3O2.ClH/c1-11(2)10-22-16-13(4-3-7-19-16)17(21)20-8-12-5-6-15(18)14(12)9-20;/h3-4,7,11-12,14-15H,5-6,8-10,18H2,1-2H3;1H. The van der Waals surface area contributed by atoms with E-state index in [2.05, 4.69) is 18.8 Å². The van der Waals surface area contributed by atoms with Crippen molar-refractivity contribution in [2.45, 2.75) is 32.7 Å². The fourth-order valence-corrected chi connectivity index (χ4v) is 3.56. The van der Waals surface area contributed by atoms with Gasteiger partial charge in [0.05, 0.1) is 6.61 Å². The van der Waals surface area contributed by atoms with Gasteiger partial charge in [-0.15, -0.1) is 12.4 Å². The zero-order valence-corrected chi connectivity index (χ0v) is 14.6. The highest BCUT2D eigenvalue weighted by Crippen LogP contribution is 2.38. The van der Waals surface area contributed by atoms with E-state index in [1.807, 2.05) is 4.90 Å². The van der Waals surface area contributed by atoms with Crippen LogP contribution in [0.1, 0.15) is 37.0 Å². The molecular weight excluding hydrogens is 314 g/mol. The van der Waals surface area contributed by atoms with Crippen LogP contribution < -0.4 is 10.5 Å². The maximum Gasteiger partial charge on any atom is 0.259 e. The fourth-order valence-electron chi connectivity index (χ4n) is 3.56. The van der Waals surface area contributed by atoms with Crippen molar-refractivity contribution >= 4 is 18.3 Å². The van der Waals surface area contributed by atoms with Crippen molar-refractivity contribution in [3.8, 4) is 5.88 Å². The van der Waals surface area contributed by atoms with Crippen molar-refractivity contribution in [3.05, 3.63) is 23.9 Å². The summed E-state index contributed by atoms with van der Waals surface area (Å²) >= 11 is 0. The van der Waals surface area contributed by atoms with Gasteiger partial charge in [-0.05, 0) is 42.7 Å². The number of nitrogens with two attached hydrogens (primary N) is 1. The van der Waals surface area contributed by atoms with Gasteiger partial charge >= 0.3 is 0 Å². The number of hydrogen-bond acceptors (Lipinski definition) is 4. The molecule has 1 aliphatic carbocycles. The minimum absolute atomic E-state index is 0. The van der Waals surface area contributed by atoms with Gasteiger partial charge in [-0.1, -0.05) is 13.8 Å². The van der Waals surface area contributed by atoms with Crippen molar-refractivity contribution in [1.29, 1.82) is 0 Å². The first-order chi connectivity index (χ1) is 10.6. The normalized spacial score (nSPS) is 26.1. The van der Waals surface area contributed by atoms with Crippen molar-refractivity contribution < 1.29 is 9.53 Å². The Morgan fingerprint density at radius 1 is 1.43 bits per heavy atom. The van der Waals surface area contributed by atoms with Crippen LogP contribution in [0.15, 0.2) is 18.3 Å². The Bertz CT molecular complexity index is 552. The van der Waals surface area contributed by atoms with Crippen LogP contribution in [0, 0.1) is 17.8 Å². The number of fused-ring (bicyclic) bond motifs is 1. The van der Waals surface area contributed by atoms with Crippen LogP contribution in [0.3, 0.4) is 0 Å². The number of nitrogens with zero attached hydrogens (tertiary/aromatic N) is 2. The molecule has 3 unspecified atom stereocenters. The van der Waals surface area contributed by atoms with Gasteiger partial charge in [0.15, 0.2) is 0 Å². The molecule has 0 spiro atoms. The monoisotopic (exact) mass is 339 g/mol. The zero-order valence-electron chi connectivity index (χ0n) is 13.8. The zero-order chi connectivity index (χ0) is 15.7. The summed E-state index contributed by atoms with van der Waals surface area (Å²) in [5, 5.41) is 0. The molecule has 2 aliphatic rings. The highest BCUT2D eigenvalue weighted by atomic mass is 35.5. The average molecular weight is 340 g/mol. The van der Waals surface area contributed by atoms with Gasteiger partial charge in [0, 0.05) is 25.3 Å². The van der Waals surface area contributed by atoms with Crippen LogP contribution in [0.25, 0.3) is 0 Å². The van der Waals surface area contributed by atoms with Gasteiger partial charge in [-0.3, -0.25) is 4.79 Å². The second-order valence-corrected chi connectivity index (χ2v) is 6.94. The number of amides is 1. The van der Waals surface area contributed by atoms with E-state index in [1.54, 1.807) is 18.3 Å². The molecule has 0 aromatic carbocycles. The maximum absolute atomic E-state index is 12.8. The number of carbonyl (C=O) groups excluding carboxylic acids is 1. The van der Waals surface area contributed by atoms with Crippen LogP contribution >= 0.6 is 12.4 Å². The van der Waals surface area contributed by atoms with E-state index >= 15 is 0 Å². The molecule has 1 aromatic heterocycles. The summed E-state index contributed by atoms with van der Waals surface area (Å²) in [5.41, 5.74) is 6.72. The number of pyridine rings is 1. The molecule has 1 amide bonds. The van der Waals surface area contributed by atoms with Crippen LogP contribution in [-0.2, 0) is 0 Å². The van der Waals surface area contributed by atoms with Gasteiger partial charge in [0.25, 0.3) is 5.91 Å². The Morgan fingerprint density at radius 3 is 2.91 bits per heavy atom. The number of carbonyl (C=O) groups is 1. The number of ether oxygens (including phenoxy) is 1. The van der Waals surface area contributed by atoms with E-state index in [4.69, 9.17) is 10.5 Å². The molecule has 1 aliphatic heterocycles. The van der Waals surface area contributed by atoms with E-state index < -0.39 is 0 Å². The molecule has 1 aromatic rings. The number of halogens is 1. The molecule has 3 rings (SSSR count). The van der Waals surface area contributed by atoms with Crippen molar-refractivity contribution in [3.63, 3.8) is 0 Å². The molecule has 3 atom stereocenters. The molecule has 1 saturated heterocycles. The summed E-state index contributed by atoms with van der Waals surface area (Å²) in [4.78, 5) is 19.0. The molecule has 2 N–H and O–H groups in total. The lowest BCUT2D eigenvalue weighted by atomic mass is 9.98. The van der Waals surface area contributed by atoms with Crippen molar-refractivity contribution in [2.75, 3.05) is 19.7 Å². The number of rotatable bonds is 4. The molecular formula is C17H26ClN3O2. The smallest absolute Gasteiger partial charge is 0.259 e. The summed E-state index contributed by atoms with van der Waals surface area (Å²) in [6, 6.07) is 3.84. The SMILES string of the molecule is CC(C)COc1ncccc1C(=O)N1CC2CCC(N)C2C1.Cl. The van der Waals surface area contributed by atoms with E-state index in [0.29, 0.717) is 35.8 Å². The largest absolute Gasteiger partial charge is 0.477 e. The second-order valence-electron chi connectivity index (χ2n) is 6.94. The highest BCUT2D eigenvalue weighted by molar-refractivity contribution is 5.96. The first-order valence-electron chi connectivity index (χ1n) is 8.19. The Balaban J connectivity index is 0.00000192. The van der Waals surface area contributed by atoms with Gasteiger partial charge in [0.1, 0.15) is 5.56 Å². The minimum Gasteiger partial charge on any atom is -0.477 e. The predicted molar refractivity (Wildman–Crippen MR) is 91.9 cm³/mol. The lowest BCUT2D eigenvalue weighted by molar-refractivity contribution is 0.0773. The minimum atomic E-state index is 0. The summed E-state index contributed by atoms with van der Waals surface area (Å²) in [6.07, 6.45) is 3.90. The third-order valence-corrected chi connectivity index (χ3v) is 4.75. The number of likely N-dealkylation sites (tertiary alicyclic amines) is 1. The van der Waals surface area contributed by atoms with Crippen LogP contribution in [0.2, 0.25) is 0 Å². The van der Waals surface area contributed by atoms with Gasteiger partial charge < -0.3 is 15.4 Å². The third-order valence-electron chi connectivity index (χ3n) is 4.75. The summed E-state index contributed by atoms with van der Waals surface area (Å²) in [7, 11) is 0. The first kappa shape index (κ1) is 18.0. The Morgan fingerprint density at radius 2 is 2.22 bits per heavy atom. The first-order valence-corrected chi connectivity index (χ1v) is 8.19. The molecule has 0 radical (unpaired) electrons. The van der Waals surface area contributed by atoms with Crippen LogP contribution in [0.5, 0.6) is 5.88 Å². The van der Waals surface area contributed by atoms with E-state index in [0.717, 1.165) is 25.9 Å². The molecule has 0 bridgehead atoms. The number of aromatic nitrogens is 1. The van der Waals surface area contributed by atoms with Gasteiger partial charge in [-0.25, -0.2) is 4.98 Å². The lowest BCUT2D eigenvalue weighted by Gasteiger charge is -2.20. The molecule has 1 saturated carbocycles. The lowest BCUT2D eigenvalue weighted by Crippen LogP contribution is -2.33. The van der Waals surface area contributed by atoms with E-state index in [-0.39, 0.29) is 24.4 Å². The summed E-state index contributed by atoms with van der Waals surface area (Å²) < 4.78 is 5.71. The van der Waals surface area contributed by atoms with Crippen molar-refractivity contribution in [2.24, 2.45) is 23.5 Å². The van der Waals surface area contributed by atoms with Crippen LogP contribution in [-0.4, -0.2) is 41.5 Å². The van der Waals surface area contributed by atoms with Gasteiger partial charge in [0.2, 0.25) is 5.88 Å². The predicted octanol–water partition coefficient (Wildman–Crippen LogP) is 2.35. The molecule has 6 heteroatoms. The average Bonchev–Trinajstić information content (AvgIpc) is 3.07. The molecule has 23 heavy (non-hydrogen) atoms. The summed E-state index contributed by atoms with van der Waals surface area (Å²) in [5.74, 6) is 1.89. The maximum atomic E-state index is 12.8.